The van der Waals surface area contributed by atoms with Crippen molar-refractivity contribution in [2.75, 3.05) is 5.32 Å². The van der Waals surface area contributed by atoms with E-state index in [1.54, 1.807) is 23.5 Å². The van der Waals surface area contributed by atoms with Crippen molar-refractivity contribution in [3.8, 4) is 0 Å². The predicted octanol–water partition coefficient (Wildman–Crippen LogP) is 3.64. The molecule has 2 aromatic heterocycles. The number of rotatable bonds is 5. The topological polar surface area (TPSA) is 61.0 Å². The molecule has 0 bridgehead atoms. The maximum absolute atomic E-state index is 12.1. The molecule has 5 nitrogen and oxygen atoms in total. The van der Waals surface area contributed by atoms with Crippen molar-refractivity contribution in [3.05, 3.63) is 75.6 Å². The standard InChI is InChI=1S/C19H18N4OS/c24-18(7-6-15-8-9-25-13-15)20-19-16-11-23(12-17(16)21-22-19)10-14-4-2-1-3-5-14/h1-9,13H,10-12H2,(H2,20,21,22,24). The lowest BCUT2D eigenvalue weighted by atomic mass is 10.2. The smallest absolute Gasteiger partial charge is 0.249 e. The van der Waals surface area contributed by atoms with Gasteiger partial charge in [0.25, 0.3) is 0 Å². The molecule has 6 heteroatoms. The van der Waals surface area contributed by atoms with E-state index >= 15 is 0 Å². The summed E-state index contributed by atoms with van der Waals surface area (Å²) in [4.78, 5) is 14.4. The van der Waals surface area contributed by atoms with Crippen LogP contribution >= 0.6 is 11.3 Å². The Labute approximate surface area is 150 Å². The predicted molar refractivity (Wildman–Crippen MR) is 100.0 cm³/mol. The Hall–Kier alpha value is -2.70. The SMILES string of the molecule is O=C(C=Cc1ccsc1)Nc1n[nH]c2c1CN(Cc1ccccc1)C2. The molecule has 3 aromatic rings. The van der Waals surface area contributed by atoms with Crippen LogP contribution in [0.5, 0.6) is 0 Å². The zero-order valence-corrected chi connectivity index (χ0v) is 14.4. The molecule has 25 heavy (non-hydrogen) atoms. The number of hydrogen-bond acceptors (Lipinski definition) is 4. The Morgan fingerprint density at radius 3 is 2.96 bits per heavy atom. The first-order valence-electron chi connectivity index (χ1n) is 8.11. The van der Waals surface area contributed by atoms with Crippen LogP contribution in [0.3, 0.4) is 0 Å². The van der Waals surface area contributed by atoms with Gasteiger partial charge in [-0.15, -0.1) is 0 Å². The fourth-order valence-corrected chi connectivity index (χ4v) is 3.59. The molecule has 0 atom stereocenters. The summed E-state index contributed by atoms with van der Waals surface area (Å²) in [6.45, 7) is 2.48. The number of carbonyl (C=O) groups is 1. The number of carbonyl (C=O) groups excluding carboxylic acids is 1. The molecule has 1 aromatic carbocycles. The first kappa shape index (κ1) is 15.8. The molecule has 4 rings (SSSR count). The van der Waals surface area contributed by atoms with Gasteiger partial charge in [-0.25, -0.2) is 0 Å². The average molecular weight is 350 g/mol. The van der Waals surface area contributed by atoms with E-state index in [0.717, 1.165) is 36.5 Å². The van der Waals surface area contributed by atoms with Crippen LogP contribution < -0.4 is 5.32 Å². The van der Waals surface area contributed by atoms with Gasteiger partial charge in [-0.3, -0.25) is 14.8 Å². The lowest BCUT2D eigenvalue weighted by molar-refractivity contribution is -0.111. The third-order valence-electron chi connectivity index (χ3n) is 4.18. The summed E-state index contributed by atoms with van der Waals surface area (Å²) in [6.07, 6.45) is 3.35. The van der Waals surface area contributed by atoms with Gasteiger partial charge < -0.3 is 5.32 Å². The molecular weight excluding hydrogens is 332 g/mol. The van der Waals surface area contributed by atoms with E-state index in [9.17, 15) is 4.79 Å². The van der Waals surface area contributed by atoms with Gasteiger partial charge in [-0.1, -0.05) is 30.3 Å². The van der Waals surface area contributed by atoms with E-state index in [-0.39, 0.29) is 5.91 Å². The second-order valence-corrected chi connectivity index (χ2v) is 6.82. The highest BCUT2D eigenvalue weighted by Gasteiger charge is 2.25. The van der Waals surface area contributed by atoms with Crippen LogP contribution in [0, 0.1) is 0 Å². The maximum Gasteiger partial charge on any atom is 0.249 e. The molecule has 0 spiro atoms. The third-order valence-corrected chi connectivity index (χ3v) is 4.88. The molecule has 0 saturated carbocycles. The molecule has 2 N–H and O–H groups in total. The number of amides is 1. The van der Waals surface area contributed by atoms with Crippen LogP contribution in [0.15, 0.2) is 53.2 Å². The van der Waals surface area contributed by atoms with Crippen LogP contribution in [-0.2, 0) is 24.4 Å². The first-order chi connectivity index (χ1) is 12.3. The normalized spacial score (nSPS) is 14.1. The van der Waals surface area contributed by atoms with E-state index in [1.165, 1.54) is 5.56 Å². The number of aromatic amines is 1. The second kappa shape index (κ2) is 7.04. The maximum atomic E-state index is 12.1. The minimum atomic E-state index is -0.165. The zero-order valence-electron chi connectivity index (χ0n) is 13.6. The number of fused-ring (bicyclic) bond motifs is 1. The minimum Gasteiger partial charge on any atom is -0.305 e. The Morgan fingerprint density at radius 2 is 2.16 bits per heavy atom. The largest absolute Gasteiger partial charge is 0.305 e. The lowest BCUT2D eigenvalue weighted by Gasteiger charge is -2.15. The number of anilines is 1. The number of thiophene rings is 1. The Bertz CT molecular complexity index is 884. The zero-order chi connectivity index (χ0) is 17.1. The van der Waals surface area contributed by atoms with E-state index in [4.69, 9.17) is 0 Å². The van der Waals surface area contributed by atoms with Crippen molar-refractivity contribution in [2.45, 2.75) is 19.6 Å². The van der Waals surface area contributed by atoms with Gasteiger partial charge >= 0.3 is 0 Å². The van der Waals surface area contributed by atoms with Crippen molar-refractivity contribution in [1.82, 2.24) is 15.1 Å². The van der Waals surface area contributed by atoms with Crippen molar-refractivity contribution < 1.29 is 4.79 Å². The summed E-state index contributed by atoms with van der Waals surface area (Å²) < 4.78 is 0. The van der Waals surface area contributed by atoms with Crippen molar-refractivity contribution in [1.29, 1.82) is 0 Å². The summed E-state index contributed by atoms with van der Waals surface area (Å²) in [7, 11) is 0. The van der Waals surface area contributed by atoms with E-state index in [2.05, 4.69) is 44.7 Å². The van der Waals surface area contributed by atoms with Crippen molar-refractivity contribution >= 4 is 29.1 Å². The highest BCUT2D eigenvalue weighted by atomic mass is 32.1. The van der Waals surface area contributed by atoms with E-state index in [1.807, 2.05) is 22.9 Å². The molecule has 0 fully saturated rings. The average Bonchev–Trinajstić information content (AvgIpc) is 3.33. The monoisotopic (exact) mass is 350 g/mol. The summed E-state index contributed by atoms with van der Waals surface area (Å²) in [6, 6.07) is 12.4. The van der Waals surface area contributed by atoms with Gasteiger partial charge in [0.2, 0.25) is 5.91 Å². The van der Waals surface area contributed by atoms with Crippen LogP contribution in [0.25, 0.3) is 6.08 Å². The van der Waals surface area contributed by atoms with E-state index in [0.29, 0.717) is 5.82 Å². The summed E-state index contributed by atoms with van der Waals surface area (Å²) in [5.74, 6) is 0.465. The van der Waals surface area contributed by atoms with Gasteiger partial charge in [0.15, 0.2) is 5.82 Å². The fraction of sp³-hybridized carbons (Fsp3) is 0.158. The number of aromatic nitrogens is 2. The molecular formula is C19H18N4OS. The van der Waals surface area contributed by atoms with Crippen molar-refractivity contribution in [2.24, 2.45) is 0 Å². The Kier molecular flexibility index (Phi) is 4.45. The lowest BCUT2D eigenvalue weighted by Crippen LogP contribution is -2.17. The molecule has 126 valence electrons. The molecule has 0 unspecified atom stereocenters. The summed E-state index contributed by atoms with van der Waals surface area (Å²) >= 11 is 1.61. The van der Waals surface area contributed by atoms with Crippen LogP contribution in [0.2, 0.25) is 0 Å². The Balaban J connectivity index is 1.39. The quantitative estimate of drug-likeness (QED) is 0.691. The Morgan fingerprint density at radius 1 is 1.28 bits per heavy atom. The number of benzene rings is 1. The van der Waals surface area contributed by atoms with Gasteiger partial charge in [-0.05, 0) is 34.0 Å². The van der Waals surface area contributed by atoms with Crippen LogP contribution in [0.1, 0.15) is 22.4 Å². The third kappa shape index (κ3) is 3.70. The second-order valence-electron chi connectivity index (χ2n) is 6.04. The fourth-order valence-electron chi connectivity index (χ4n) is 2.96. The molecule has 0 saturated heterocycles. The molecule has 0 radical (unpaired) electrons. The highest BCUT2D eigenvalue weighted by Crippen LogP contribution is 2.28. The highest BCUT2D eigenvalue weighted by molar-refractivity contribution is 7.08. The van der Waals surface area contributed by atoms with Crippen LogP contribution in [-0.4, -0.2) is 21.0 Å². The van der Waals surface area contributed by atoms with Gasteiger partial charge in [-0.2, -0.15) is 16.4 Å². The number of nitrogens with zero attached hydrogens (tertiary/aromatic N) is 2. The number of H-pyrrole nitrogens is 1. The molecule has 1 amide bonds. The number of hydrogen-bond donors (Lipinski definition) is 2. The van der Waals surface area contributed by atoms with Gasteiger partial charge in [0, 0.05) is 31.3 Å². The molecule has 1 aliphatic rings. The minimum absolute atomic E-state index is 0.165. The van der Waals surface area contributed by atoms with Gasteiger partial charge in [0.05, 0.1) is 5.69 Å². The summed E-state index contributed by atoms with van der Waals surface area (Å²) in [5, 5.41) is 14.2. The van der Waals surface area contributed by atoms with Crippen LogP contribution in [0.4, 0.5) is 5.82 Å². The van der Waals surface area contributed by atoms with E-state index < -0.39 is 0 Å². The summed E-state index contributed by atoms with van der Waals surface area (Å²) in [5.41, 5.74) is 4.47. The van der Waals surface area contributed by atoms with Gasteiger partial charge in [0.1, 0.15) is 0 Å². The van der Waals surface area contributed by atoms with Crippen molar-refractivity contribution in [3.63, 3.8) is 0 Å². The molecule has 1 aliphatic heterocycles. The molecule has 0 aliphatic carbocycles. The molecule has 3 heterocycles. The first-order valence-corrected chi connectivity index (χ1v) is 9.06. The number of nitrogens with one attached hydrogen (secondary N) is 2.